The molecule has 3 atom stereocenters. The van der Waals surface area contributed by atoms with Crippen LogP contribution in [0.2, 0.25) is 6.43 Å². The van der Waals surface area contributed by atoms with E-state index in [1.807, 2.05) is 25.1 Å². The van der Waals surface area contributed by atoms with Gasteiger partial charge in [-0.25, -0.2) is 4.68 Å². The normalized spacial score (nSPS) is 22.0. The zero-order chi connectivity index (χ0) is 22.1. The van der Waals surface area contributed by atoms with E-state index in [2.05, 4.69) is 31.2 Å². The van der Waals surface area contributed by atoms with Gasteiger partial charge in [0.15, 0.2) is 0 Å². The Morgan fingerprint density at radius 3 is 2.83 bits per heavy atom. The fraction of sp³-hybridized carbons (Fsp3) is 0.500. The number of aromatic nitrogens is 2. The van der Waals surface area contributed by atoms with Gasteiger partial charge in [-0.15, -0.1) is 0 Å². The maximum Gasteiger partial charge on any atom is 0.272 e. The Balaban J connectivity index is 1.79. The zero-order valence-electron chi connectivity index (χ0n) is 18.4. The third-order valence-corrected chi connectivity index (χ3v) is 5.64. The van der Waals surface area contributed by atoms with Crippen LogP contribution in [0, 0.1) is 5.41 Å². The molecule has 7 heteroatoms. The molecule has 2 unspecified atom stereocenters. The Bertz CT molecular complexity index is 972. The predicted octanol–water partition coefficient (Wildman–Crippen LogP) is 3.73. The molecule has 1 aliphatic rings. The van der Waals surface area contributed by atoms with Gasteiger partial charge in [-0.3, -0.25) is 9.59 Å². The lowest BCUT2D eigenvalue weighted by Gasteiger charge is -2.38. The Hall–Kier alpha value is -2.18. The highest BCUT2D eigenvalue weighted by molar-refractivity contribution is 6.30. The molecule has 0 radical (unpaired) electrons. The number of benzene rings is 1. The van der Waals surface area contributed by atoms with Crippen molar-refractivity contribution >= 4 is 17.5 Å². The van der Waals surface area contributed by atoms with E-state index >= 15 is 0 Å². The summed E-state index contributed by atoms with van der Waals surface area (Å²) in [4.78, 5) is 25.3. The average Bonchev–Trinajstić information content (AvgIpc) is 2.68. The smallest absolute Gasteiger partial charge is 0.272 e. The molecule has 1 saturated heterocycles. The van der Waals surface area contributed by atoms with Gasteiger partial charge in [0, 0.05) is 17.1 Å². The maximum absolute atomic E-state index is 12.8. The highest BCUT2D eigenvalue weighted by atomic mass is 35.5. The average molecular weight is 418 g/mol. The quantitative estimate of drug-likeness (QED) is 0.794. The largest absolute Gasteiger partial charge is 0.344 e. The number of halogens is 1. The van der Waals surface area contributed by atoms with Crippen LogP contribution in [0.15, 0.2) is 41.2 Å². The van der Waals surface area contributed by atoms with Crippen LogP contribution in [0.4, 0.5) is 0 Å². The highest BCUT2D eigenvalue weighted by Crippen LogP contribution is 2.30. The van der Waals surface area contributed by atoms with E-state index in [1.54, 1.807) is 11.4 Å². The maximum atomic E-state index is 12.8. The van der Waals surface area contributed by atoms with Crippen molar-refractivity contribution in [1.29, 1.82) is 0 Å². The van der Waals surface area contributed by atoms with Crippen molar-refractivity contribution in [2.24, 2.45) is 5.41 Å². The molecule has 1 aromatic carbocycles. The molecular formula is C22H29ClN4O2. The fourth-order valence-corrected chi connectivity index (χ4v) is 3.82. The number of nitrogens with zero attached hydrogens (tertiary/aromatic N) is 2. The molecule has 2 heterocycles. The lowest BCUT2D eigenvalue weighted by molar-refractivity contribution is 0.0930. The molecule has 3 rings (SSSR count). The van der Waals surface area contributed by atoms with Gasteiger partial charge >= 0.3 is 0 Å². The van der Waals surface area contributed by atoms with E-state index in [-0.39, 0.29) is 40.7 Å². The summed E-state index contributed by atoms with van der Waals surface area (Å²) in [6.45, 7) is 8.72. The first-order valence-electron chi connectivity index (χ1n) is 10.4. The molecule has 0 aliphatic carbocycles. The number of carbonyl (C=O) groups is 1. The standard InChI is InChI=1S/C22H29ClN4O2/c1-14(15-6-5-7-16(23)12-15)25-21(29)18-8-9-20(28)27(26-18)17-10-11-24-19(13-17)22(2,3)4/h5-9,12,14,17,19,24H,10-11,13H2,1-4H3,(H,25,29)/t14-,17?,19?/m1/s1/i/hD. The van der Waals surface area contributed by atoms with Crippen molar-refractivity contribution in [2.45, 2.75) is 58.7 Å². The molecule has 156 valence electrons. The first-order valence-corrected chi connectivity index (χ1v) is 10.4. The summed E-state index contributed by atoms with van der Waals surface area (Å²) in [5.74, 6) is -0.346. The van der Waals surface area contributed by atoms with Gasteiger partial charge in [0.25, 0.3) is 11.5 Å². The molecule has 0 bridgehead atoms. The van der Waals surface area contributed by atoms with Crippen LogP contribution in [0.5, 0.6) is 0 Å². The van der Waals surface area contributed by atoms with E-state index < -0.39 is 0 Å². The molecule has 1 aliphatic heterocycles. The first-order chi connectivity index (χ1) is 14.1. The third kappa shape index (κ3) is 5.25. The number of hydrogen-bond acceptors (Lipinski definition) is 4. The van der Waals surface area contributed by atoms with Crippen LogP contribution in [-0.4, -0.2) is 28.3 Å². The van der Waals surface area contributed by atoms with E-state index in [0.29, 0.717) is 24.4 Å². The van der Waals surface area contributed by atoms with Gasteiger partial charge in [0.05, 0.1) is 12.1 Å². The monoisotopic (exact) mass is 417 g/mol. The van der Waals surface area contributed by atoms with Crippen molar-refractivity contribution in [1.82, 2.24) is 20.4 Å². The molecule has 29 heavy (non-hydrogen) atoms. The lowest BCUT2D eigenvalue weighted by atomic mass is 9.80. The summed E-state index contributed by atoms with van der Waals surface area (Å²) in [6, 6.07) is 9.79. The van der Waals surface area contributed by atoms with Crippen LogP contribution in [0.3, 0.4) is 0 Å². The van der Waals surface area contributed by atoms with Crippen molar-refractivity contribution < 1.29 is 6.21 Å². The lowest BCUT2D eigenvalue weighted by Crippen LogP contribution is -2.48. The second-order valence-corrected chi connectivity index (χ2v) is 9.15. The van der Waals surface area contributed by atoms with Gasteiger partial charge in [0.1, 0.15) is 7.11 Å². The van der Waals surface area contributed by atoms with Crippen molar-refractivity contribution in [3.63, 3.8) is 0 Å². The van der Waals surface area contributed by atoms with E-state index in [9.17, 15) is 9.59 Å². The number of rotatable bonds is 4. The summed E-state index contributed by atoms with van der Waals surface area (Å²) in [5.41, 5.74) is 0.764. The number of nitrogens with one attached hydrogen (secondary N) is 2. The van der Waals surface area contributed by atoms with Gasteiger partial charge in [-0.05, 0) is 55.5 Å². The van der Waals surface area contributed by atoms with Gasteiger partial charge in [-0.2, -0.15) is 5.10 Å². The third-order valence-electron chi connectivity index (χ3n) is 5.41. The Morgan fingerprint density at radius 2 is 2.14 bits per heavy atom. The van der Waals surface area contributed by atoms with Crippen molar-refractivity contribution in [3.8, 4) is 0 Å². The summed E-state index contributed by atoms with van der Waals surface area (Å²) < 4.78 is 9.65. The summed E-state index contributed by atoms with van der Waals surface area (Å²) in [7, 11) is 0. The minimum absolute atomic E-state index is 0.00489. The molecule has 1 aromatic heterocycles. The van der Waals surface area contributed by atoms with Crippen LogP contribution < -0.4 is 16.2 Å². The van der Waals surface area contributed by atoms with Crippen LogP contribution >= 0.6 is 11.6 Å². The van der Waals surface area contributed by atoms with Crippen molar-refractivity contribution in [2.75, 3.05) is 6.54 Å². The van der Waals surface area contributed by atoms with Crippen LogP contribution in [-0.2, 0) is 0 Å². The molecule has 1 fully saturated rings. The molecule has 2 aromatic rings. The van der Waals surface area contributed by atoms with Crippen LogP contribution in [0.1, 0.15) is 68.7 Å². The van der Waals surface area contributed by atoms with Gasteiger partial charge in [-0.1, -0.05) is 44.5 Å². The van der Waals surface area contributed by atoms with Gasteiger partial charge in [0.2, 0.25) is 0 Å². The number of amides is 1. The molecule has 0 spiro atoms. The molecule has 2 N–H and O–H groups in total. The Morgan fingerprint density at radius 1 is 1.38 bits per heavy atom. The second-order valence-electron chi connectivity index (χ2n) is 8.72. The Kier molecular flexibility index (Phi) is 6.01. The molecule has 1 amide bonds. The predicted molar refractivity (Wildman–Crippen MR) is 115 cm³/mol. The zero-order valence-corrected chi connectivity index (χ0v) is 18.1. The summed E-state index contributed by atoms with van der Waals surface area (Å²) >= 11 is 6.04. The Labute approximate surface area is 178 Å². The summed E-state index contributed by atoms with van der Waals surface area (Å²) in [5, 5.41) is 9.51. The minimum Gasteiger partial charge on any atom is -0.344 e. The van der Waals surface area contributed by atoms with Gasteiger partial charge < -0.3 is 10.6 Å². The first kappa shape index (κ1) is 20.1. The second kappa shape index (κ2) is 8.67. The summed E-state index contributed by atoms with van der Waals surface area (Å²) in [6.07, 6.45) is 1.29. The topological polar surface area (TPSA) is 76.0 Å². The molecule has 6 nitrogen and oxygen atoms in total. The minimum atomic E-state index is -0.346. The van der Waals surface area contributed by atoms with E-state index in [0.717, 1.165) is 5.56 Å². The molecule has 0 saturated carbocycles. The fourth-order valence-electron chi connectivity index (χ4n) is 3.62. The number of carbonyl (C=O) groups excluding carboxylic acids is 1. The van der Waals surface area contributed by atoms with Crippen molar-refractivity contribution in [3.05, 3.63) is 63.0 Å². The number of hydrogen-bond donors (Lipinski definition) is 2. The van der Waals surface area contributed by atoms with Crippen LogP contribution in [0.25, 0.3) is 0 Å². The van der Waals surface area contributed by atoms with E-state index in [1.165, 1.54) is 16.8 Å². The highest BCUT2D eigenvalue weighted by Gasteiger charge is 2.32. The number of piperidine rings is 1. The van der Waals surface area contributed by atoms with E-state index in [4.69, 9.17) is 13.0 Å². The SMILES string of the molecule is [2H]N1CCC(n2nc(C(=O)N[C@H](C)c3cccc(Cl)c3)ccc2=O)CC1C(C)(C)C. The molecular weight excluding hydrogens is 388 g/mol.